The molecule has 150 valence electrons. The lowest BCUT2D eigenvalue weighted by Gasteiger charge is -2.11. The highest BCUT2D eigenvalue weighted by Crippen LogP contribution is 2.29. The number of pyridine rings is 1. The van der Waals surface area contributed by atoms with Crippen molar-refractivity contribution in [2.24, 2.45) is 5.14 Å². The van der Waals surface area contributed by atoms with E-state index < -0.39 is 26.6 Å². The standard InChI is InChI=1S/C19H15ClFN3O4S/c20-13-5-3-6-15(9-13)28-19-17(29(22,26)27)10-14(11-23-19)24-18(25)8-12-4-1-2-7-16(12)21/h1-7,9-11H,8H2,(H,24,25)(H2,22,26,27). The average molecular weight is 436 g/mol. The van der Waals surface area contributed by atoms with Gasteiger partial charge in [-0.2, -0.15) is 0 Å². The first-order valence-corrected chi connectivity index (χ1v) is 10.1. The normalized spacial score (nSPS) is 11.1. The Morgan fingerprint density at radius 3 is 2.62 bits per heavy atom. The maximum atomic E-state index is 13.7. The number of halogens is 2. The maximum Gasteiger partial charge on any atom is 0.243 e. The molecular formula is C19H15ClFN3O4S. The fraction of sp³-hybridized carbons (Fsp3) is 0.0526. The van der Waals surface area contributed by atoms with Crippen LogP contribution in [0.1, 0.15) is 5.56 Å². The molecule has 3 rings (SSSR count). The molecule has 0 unspecified atom stereocenters. The molecule has 0 saturated carbocycles. The second-order valence-electron chi connectivity index (χ2n) is 5.95. The van der Waals surface area contributed by atoms with Crippen LogP contribution in [-0.4, -0.2) is 19.3 Å². The first-order chi connectivity index (χ1) is 13.7. The lowest BCUT2D eigenvalue weighted by molar-refractivity contribution is -0.115. The van der Waals surface area contributed by atoms with Crippen molar-refractivity contribution in [3.63, 3.8) is 0 Å². The molecule has 0 aliphatic heterocycles. The zero-order chi connectivity index (χ0) is 21.0. The summed E-state index contributed by atoms with van der Waals surface area (Å²) in [7, 11) is -4.22. The summed E-state index contributed by atoms with van der Waals surface area (Å²) >= 11 is 5.88. The van der Waals surface area contributed by atoms with Crippen LogP contribution in [0.25, 0.3) is 0 Å². The number of anilines is 1. The SMILES string of the molecule is NS(=O)(=O)c1cc(NC(=O)Cc2ccccc2F)cnc1Oc1cccc(Cl)c1. The van der Waals surface area contributed by atoms with Gasteiger partial charge in [0.2, 0.25) is 21.8 Å². The lowest BCUT2D eigenvalue weighted by Crippen LogP contribution is -2.18. The van der Waals surface area contributed by atoms with Crippen LogP contribution in [0.4, 0.5) is 10.1 Å². The summed E-state index contributed by atoms with van der Waals surface area (Å²) in [6.45, 7) is 0. The molecule has 0 atom stereocenters. The molecule has 0 radical (unpaired) electrons. The Morgan fingerprint density at radius 2 is 1.93 bits per heavy atom. The number of hydrogen-bond acceptors (Lipinski definition) is 5. The third kappa shape index (κ3) is 5.50. The fourth-order valence-corrected chi connectivity index (χ4v) is 3.25. The Balaban J connectivity index is 1.84. The van der Waals surface area contributed by atoms with Crippen molar-refractivity contribution in [3.05, 3.63) is 77.2 Å². The van der Waals surface area contributed by atoms with Gasteiger partial charge in [-0.3, -0.25) is 4.79 Å². The van der Waals surface area contributed by atoms with Gasteiger partial charge in [-0.25, -0.2) is 22.9 Å². The van der Waals surface area contributed by atoms with E-state index in [0.717, 1.165) is 6.07 Å². The number of hydrogen-bond donors (Lipinski definition) is 2. The quantitative estimate of drug-likeness (QED) is 0.615. The molecule has 1 aromatic heterocycles. The predicted octanol–water partition coefficient (Wildman–Crippen LogP) is 3.50. The highest BCUT2D eigenvalue weighted by atomic mass is 35.5. The molecule has 0 aliphatic carbocycles. The van der Waals surface area contributed by atoms with Gasteiger partial charge in [0.1, 0.15) is 16.5 Å². The topological polar surface area (TPSA) is 111 Å². The minimum atomic E-state index is -4.22. The largest absolute Gasteiger partial charge is 0.438 e. The average Bonchev–Trinajstić information content (AvgIpc) is 2.64. The summed E-state index contributed by atoms with van der Waals surface area (Å²) in [6, 6.07) is 13.2. The molecule has 10 heteroatoms. The summed E-state index contributed by atoms with van der Waals surface area (Å²) in [5.41, 5.74) is 0.263. The van der Waals surface area contributed by atoms with Crippen molar-refractivity contribution in [2.45, 2.75) is 11.3 Å². The number of carbonyl (C=O) groups is 1. The van der Waals surface area contributed by atoms with Crippen LogP contribution in [-0.2, 0) is 21.2 Å². The Labute approximate surface area is 171 Å². The Bertz CT molecular complexity index is 1170. The molecule has 2 aromatic carbocycles. The van der Waals surface area contributed by atoms with Gasteiger partial charge in [-0.15, -0.1) is 0 Å². The molecular weight excluding hydrogens is 421 g/mol. The molecule has 1 heterocycles. The Hall–Kier alpha value is -3.01. The number of benzene rings is 2. The zero-order valence-electron chi connectivity index (χ0n) is 14.8. The van der Waals surface area contributed by atoms with Crippen molar-refractivity contribution in [1.82, 2.24) is 4.98 Å². The van der Waals surface area contributed by atoms with E-state index in [1.165, 1.54) is 30.5 Å². The van der Waals surface area contributed by atoms with Gasteiger partial charge in [0, 0.05) is 5.02 Å². The van der Waals surface area contributed by atoms with Gasteiger partial charge in [-0.1, -0.05) is 35.9 Å². The molecule has 0 bridgehead atoms. The molecule has 1 amide bonds. The minimum absolute atomic E-state index is 0.0637. The first-order valence-electron chi connectivity index (χ1n) is 8.22. The van der Waals surface area contributed by atoms with E-state index in [1.807, 2.05) is 0 Å². The number of rotatable bonds is 6. The summed E-state index contributed by atoms with van der Waals surface area (Å²) in [5, 5.41) is 8.10. The second-order valence-corrected chi connectivity index (χ2v) is 7.91. The van der Waals surface area contributed by atoms with Crippen molar-refractivity contribution in [1.29, 1.82) is 0 Å². The van der Waals surface area contributed by atoms with E-state index in [4.69, 9.17) is 21.5 Å². The summed E-state index contributed by atoms with van der Waals surface area (Å²) in [5.74, 6) is -1.09. The van der Waals surface area contributed by atoms with Crippen LogP contribution in [0, 0.1) is 5.82 Å². The van der Waals surface area contributed by atoms with Crippen molar-refractivity contribution in [2.75, 3.05) is 5.32 Å². The van der Waals surface area contributed by atoms with Gasteiger partial charge in [0.05, 0.1) is 18.3 Å². The van der Waals surface area contributed by atoms with Crippen LogP contribution >= 0.6 is 11.6 Å². The third-order valence-corrected chi connectivity index (χ3v) is 4.87. The first kappa shape index (κ1) is 20.7. The zero-order valence-corrected chi connectivity index (χ0v) is 16.4. The summed E-state index contributed by atoms with van der Waals surface area (Å²) in [6.07, 6.45) is 0.964. The van der Waals surface area contributed by atoms with Crippen LogP contribution in [0.2, 0.25) is 5.02 Å². The van der Waals surface area contributed by atoms with Gasteiger partial charge in [0.15, 0.2) is 0 Å². The van der Waals surface area contributed by atoms with Gasteiger partial charge in [-0.05, 0) is 35.9 Å². The highest BCUT2D eigenvalue weighted by molar-refractivity contribution is 7.89. The molecule has 0 fully saturated rings. The van der Waals surface area contributed by atoms with Crippen molar-refractivity contribution in [3.8, 4) is 11.6 Å². The summed E-state index contributed by atoms with van der Waals surface area (Å²) < 4.78 is 43.1. The van der Waals surface area contributed by atoms with Crippen LogP contribution < -0.4 is 15.2 Å². The number of sulfonamides is 1. The van der Waals surface area contributed by atoms with E-state index in [-0.39, 0.29) is 29.3 Å². The third-order valence-electron chi connectivity index (χ3n) is 3.73. The number of nitrogens with zero attached hydrogens (tertiary/aromatic N) is 1. The van der Waals surface area contributed by atoms with Crippen LogP contribution in [0.15, 0.2) is 65.7 Å². The number of nitrogens with two attached hydrogens (primary N) is 1. The Kier molecular flexibility index (Phi) is 6.12. The second kappa shape index (κ2) is 8.56. The monoisotopic (exact) mass is 435 g/mol. The number of ether oxygens (including phenoxy) is 1. The molecule has 29 heavy (non-hydrogen) atoms. The van der Waals surface area contributed by atoms with E-state index in [2.05, 4.69) is 10.3 Å². The number of carbonyl (C=O) groups excluding carboxylic acids is 1. The molecule has 3 aromatic rings. The van der Waals surface area contributed by atoms with Gasteiger partial charge < -0.3 is 10.1 Å². The Morgan fingerprint density at radius 1 is 1.17 bits per heavy atom. The number of aromatic nitrogens is 1. The van der Waals surface area contributed by atoms with E-state index >= 15 is 0 Å². The number of amides is 1. The van der Waals surface area contributed by atoms with E-state index in [9.17, 15) is 17.6 Å². The van der Waals surface area contributed by atoms with Crippen LogP contribution in [0.5, 0.6) is 11.6 Å². The van der Waals surface area contributed by atoms with Crippen LogP contribution in [0.3, 0.4) is 0 Å². The predicted molar refractivity (Wildman–Crippen MR) is 106 cm³/mol. The number of nitrogens with one attached hydrogen (secondary N) is 1. The summed E-state index contributed by atoms with van der Waals surface area (Å²) in [4.78, 5) is 15.7. The van der Waals surface area contributed by atoms with Gasteiger partial charge >= 0.3 is 0 Å². The molecule has 0 spiro atoms. The molecule has 0 aliphatic rings. The molecule has 0 saturated heterocycles. The van der Waals surface area contributed by atoms with Crippen molar-refractivity contribution < 1.29 is 22.3 Å². The highest BCUT2D eigenvalue weighted by Gasteiger charge is 2.19. The molecule has 7 nitrogen and oxygen atoms in total. The smallest absolute Gasteiger partial charge is 0.243 e. The van der Waals surface area contributed by atoms with Gasteiger partial charge in [0.25, 0.3) is 0 Å². The van der Waals surface area contributed by atoms with E-state index in [1.54, 1.807) is 24.3 Å². The van der Waals surface area contributed by atoms with E-state index in [0.29, 0.717) is 5.02 Å². The lowest BCUT2D eigenvalue weighted by atomic mass is 10.1. The maximum absolute atomic E-state index is 13.7. The minimum Gasteiger partial charge on any atom is -0.438 e. The van der Waals surface area contributed by atoms with Crippen molar-refractivity contribution >= 4 is 33.2 Å². The molecule has 3 N–H and O–H groups in total. The number of primary sulfonamides is 1. The fourth-order valence-electron chi connectivity index (χ4n) is 2.44.